The number of nitro groups is 2. The van der Waals surface area contributed by atoms with Gasteiger partial charge in [0.25, 0.3) is 11.4 Å². The number of carbonyl (C=O) groups excluding carboxylic acids is 1. The Morgan fingerprint density at radius 1 is 0.840 bits per heavy atom. The Morgan fingerprint density at radius 3 is 1.76 bits per heavy atom. The fraction of sp³-hybridized carbons (Fsp3) is 0. The van der Waals surface area contributed by atoms with Crippen molar-refractivity contribution in [1.82, 2.24) is 0 Å². The molecule has 1 aliphatic rings. The van der Waals surface area contributed by atoms with E-state index < -0.39 is 15.8 Å². The molecule has 8 heteroatoms. The van der Waals surface area contributed by atoms with Crippen LogP contribution in [0.4, 0.5) is 11.4 Å². The first-order valence-electron chi connectivity index (χ1n) is 7.09. The molecular weight excluding hydrogens is 328 g/mol. The van der Waals surface area contributed by atoms with Gasteiger partial charge < -0.3 is 4.74 Å². The Labute approximate surface area is 141 Å². The second kappa shape index (κ2) is 6.36. The number of cyclic esters (lactones) is 1. The van der Waals surface area contributed by atoms with Crippen molar-refractivity contribution in [1.29, 1.82) is 0 Å². The molecule has 2 aromatic carbocycles. The first kappa shape index (κ1) is 16.1. The van der Waals surface area contributed by atoms with Crippen molar-refractivity contribution in [3.63, 3.8) is 0 Å². The molecule has 0 amide bonds. The number of nitrogens with zero attached hydrogens (tertiary/aromatic N) is 2. The van der Waals surface area contributed by atoms with Crippen LogP contribution in [0.1, 0.15) is 11.1 Å². The average Bonchev–Trinajstić information content (AvgIpc) is 3.01. The number of non-ortho nitro benzene ring substituents is 2. The minimum Gasteiger partial charge on any atom is -0.423 e. The molecule has 0 saturated carbocycles. The lowest BCUT2D eigenvalue weighted by molar-refractivity contribution is -0.385. The van der Waals surface area contributed by atoms with Gasteiger partial charge in [-0.15, -0.1) is 0 Å². The Morgan fingerprint density at radius 2 is 1.36 bits per heavy atom. The third-order valence-electron chi connectivity index (χ3n) is 3.52. The smallest absolute Gasteiger partial charge is 0.336 e. The van der Waals surface area contributed by atoms with Crippen molar-refractivity contribution in [3.8, 4) is 0 Å². The van der Waals surface area contributed by atoms with Crippen molar-refractivity contribution < 1.29 is 19.4 Å². The van der Waals surface area contributed by atoms with Gasteiger partial charge in [0.1, 0.15) is 5.76 Å². The van der Waals surface area contributed by atoms with E-state index in [4.69, 9.17) is 4.74 Å². The van der Waals surface area contributed by atoms with Crippen LogP contribution in [0.15, 0.2) is 66.4 Å². The third kappa shape index (κ3) is 3.27. The maximum Gasteiger partial charge on any atom is 0.336 e. The summed E-state index contributed by atoms with van der Waals surface area (Å²) in [6.07, 6.45) is 2.64. The van der Waals surface area contributed by atoms with E-state index in [-0.39, 0.29) is 17.1 Å². The summed E-state index contributed by atoms with van der Waals surface area (Å²) in [5, 5.41) is 22.1. The summed E-state index contributed by atoms with van der Waals surface area (Å²) in [5.41, 5.74) is 0.881. The lowest BCUT2D eigenvalue weighted by Crippen LogP contribution is -1.99. The molecule has 1 aliphatic heterocycles. The highest BCUT2D eigenvalue weighted by molar-refractivity contribution is 5.92. The molecule has 0 bridgehead atoms. The number of carbonyl (C=O) groups is 1. The highest BCUT2D eigenvalue weighted by atomic mass is 16.6. The minimum atomic E-state index is -0.580. The van der Waals surface area contributed by atoms with Crippen molar-refractivity contribution in [2.75, 3.05) is 0 Å². The van der Waals surface area contributed by atoms with Gasteiger partial charge in [0, 0.05) is 35.9 Å². The van der Waals surface area contributed by atoms with Gasteiger partial charge in [0.05, 0.1) is 9.85 Å². The van der Waals surface area contributed by atoms with E-state index in [9.17, 15) is 25.0 Å². The summed E-state index contributed by atoms with van der Waals surface area (Å²) in [6, 6.07) is 11.5. The molecule has 0 saturated heterocycles. The SMILES string of the molecule is O=C1C=CC(=C(c2cccc([N+](=O)[O-])c2)c2cccc([N+](=O)[O-])c2)O1. The molecule has 0 aromatic heterocycles. The van der Waals surface area contributed by atoms with Crippen molar-refractivity contribution in [2.45, 2.75) is 0 Å². The number of esters is 1. The van der Waals surface area contributed by atoms with Crippen molar-refractivity contribution in [2.24, 2.45) is 0 Å². The van der Waals surface area contributed by atoms with Crippen LogP contribution in [0, 0.1) is 20.2 Å². The highest BCUT2D eigenvalue weighted by Gasteiger charge is 2.21. The van der Waals surface area contributed by atoms with Gasteiger partial charge in [-0.25, -0.2) is 4.79 Å². The van der Waals surface area contributed by atoms with Crippen molar-refractivity contribution >= 4 is 22.9 Å². The molecule has 8 nitrogen and oxygen atoms in total. The second-order valence-electron chi connectivity index (χ2n) is 5.11. The van der Waals surface area contributed by atoms with Crippen LogP contribution in [0.3, 0.4) is 0 Å². The van der Waals surface area contributed by atoms with Crippen LogP contribution in [0.5, 0.6) is 0 Å². The summed E-state index contributed by atoms with van der Waals surface area (Å²) in [7, 11) is 0. The number of hydrogen-bond acceptors (Lipinski definition) is 6. The standard InChI is InChI=1S/C17H10N2O6/c20-16-8-7-15(25-16)17(11-3-1-5-13(9-11)18(21)22)12-4-2-6-14(10-12)19(23)24/h1-10H. The molecule has 3 rings (SSSR count). The predicted octanol–water partition coefficient (Wildman–Crippen LogP) is 3.38. The van der Waals surface area contributed by atoms with Crippen LogP contribution in [-0.4, -0.2) is 15.8 Å². The molecule has 0 spiro atoms. The molecule has 0 unspecified atom stereocenters. The van der Waals surface area contributed by atoms with Gasteiger partial charge in [-0.1, -0.05) is 24.3 Å². The number of rotatable bonds is 4. The van der Waals surface area contributed by atoms with Crippen LogP contribution >= 0.6 is 0 Å². The third-order valence-corrected chi connectivity index (χ3v) is 3.52. The summed E-state index contributed by atoms with van der Waals surface area (Å²) in [6.45, 7) is 0. The number of benzene rings is 2. The lowest BCUT2D eigenvalue weighted by Gasteiger charge is -2.11. The molecule has 0 fully saturated rings. The monoisotopic (exact) mass is 338 g/mol. The first-order valence-corrected chi connectivity index (χ1v) is 7.09. The van der Waals surface area contributed by atoms with Crippen LogP contribution in [0.2, 0.25) is 0 Å². The van der Waals surface area contributed by atoms with Gasteiger partial charge in [-0.3, -0.25) is 20.2 Å². The Kier molecular flexibility index (Phi) is 4.09. The molecule has 1 heterocycles. The molecule has 0 aliphatic carbocycles. The summed E-state index contributed by atoms with van der Waals surface area (Å²) >= 11 is 0. The zero-order valence-corrected chi connectivity index (χ0v) is 12.6. The lowest BCUT2D eigenvalue weighted by atomic mass is 9.95. The van der Waals surface area contributed by atoms with E-state index in [1.54, 1.807) is 12.1 Å². The van der Waals surface area contributed by atoms with Gasteiger partial charge in [0.15, 0.2) is 0 Å². The number of ether oxygens (including phenoxy) is 1. The van der Waals surface area contributed by atoms with Crippen LogP contribution in [0.25, 0.3) is 5.57 Å². The summed E-state index contributed by atoms with van der Waals surface area (Å²) < 4.78 is 5.12. The van der Waals surface area contributed by atoms with Gasteiger partial charge in [0.2, 0.25) is 0 Å². The predicted molar refractivity (Wildman–Crippen MR) is 87.4 cm³/mol. The number of hydrogen-bond donors (Lipinski definition) is 0. The Hall–Kier alpha value is -3.81. The van der Waals surface area contributed by atoms with Crippen LogP contribution in [-0.2, 0) is 9.53 Å². The van der Waals surface area contributed by atoms with E-state index >= 15 is 0 Å². The molecule has 0 N–H and O–H groups in total. The van der Waals surface area contributed by atoms with E-state index in [1.807, 2.05) is 0 Å². The average molecular weight is 338 g/mol. The van der Waals surface area contributed by atoms with E-state index in [2.05, 4.69) is 0 Å². The Balaban J connectivity index is 2.22. The van der Waals surface area contributed by atoms with E-state index in [0.29, 0.717) is 16.7 Å². The van der Waals surface area contributed by atoms with E-state index in [0.717, 1.165) is 0 Å². The topological polar surface area (TPSA) is 113 Å². The van der Waals surface area contributed by atoms with Gasteiger partial charge >= 0.3 is 5.97 Å². The molecule has 0 atom stereocenters. The fourth-order valence-electron chi connectivity index (χ4n) is 2.46. The maximum atomic E-state index is 11.4. The zero-order chi connectivity index (χ0) is 18.0. The minimum absolute atomic E-state index is 0.144. The zero-order valence-electron chi connectivity index (χ0n) is 12.6. The molecule has 124 valence electrons. The molecule has 0 radical (unpaired) electrons. The summed E-state index contributed by atoms with van der Waals surface area (Å²) in [4.78, 5) is 32.4. The van der Waals surface area contributed by atoms with E-state index in [1.165, 1.54) is 48.6 Å². The Bertz CT molecular complexity index is 902. The van der Waals surface area contributed by atoms with Gasteiger partial charge in [-0.05, 0) is 17.2 Å². The molecule has 25 heavy (non-hydrogen) atoms. The fourth-order valence-corrected chi connectivity index (χ4v) is 2.46. The number of allylic oxidation sites excluding steroid dienone is 1. The molecular formula is C17H10N2O6. The second-order valence-corrected chi connectivity index (χ2v) is 5.11. The van der Waals surface area contributed by atoms with Crippen molar-refractivity contribution in [3.05, 3.63) is 97.8 Å². The van der Waals surface area contributed by atoms with Gasteiger partial charge in [-0.2, -0.15) is 0 Å². The van der Waals surface area contributed by atoms with Crippen LogP contribution < -0.4 is 0 Å². The largest absolute Gasteiger partial charge is 0.423 e. The quantitative estimate of drug-likeness (QED) is 0.480. The maximum absolute atomic E-state index is 11.4. The normalized spacial score (nSPS) is 12.8. The first-order chi connectivity index (χ1) is 12.0. The summed E-state index contributed by atoms with van der Waals surface area (Å²) in [5.74, 6) is -0.408. The number of nitro benzene ring substituents is 2. The molecule has 2 aromatic rings. The highest BCUT2D eigenvalue weighted by Crippen LogP contribution is 2.33.